The number of halogens is 1. The second kappa shape index (κ2) is 6.71. The summed E-state index contributed by atoms with van der Waals surface area (Å²) < 4.78 is 16.8. The molecular weight excluding hydrogens is 339 g/mol. The number of carbonyl (C=O) groups is 1. The second-order valence-corrected chi connectivity index (χ2v) is 6.43. The Labute approximate surface area is 138 Å². The molecule has 0 bridgehead atoms. The molecule has 0 radical (unpaired) electrons. The van der Waals surface area contributed by atoms with Crippen LogP contribution in [0.2, 0.25) is 0 Å². The van der Waals surface area contributed by atoms with Crippen molar-refractivity contribution in [1.82, 2.24) is 15.0 Å². The minimum absolute atomic E-state index is 0.253. The zero-order valence-corrected chi connectivity index (χ0v) is 13.1. The minimum atomic E-state index is -1.17. The molecule has 0 saturated heterocycles. The maximum atomic E-state index is 12.9. The van der Waals surface area contributed by atoms with E-state index >= 15 is 0 Å². The molecule has 2 aromatic heterocycles. The molecule has 0 aliphatic rings. The number of rotatable bonds is 5. The van der Waals surface area contributed by atoms with Crippen molar-refractivity contribution >= 4 is 34.9 Å². The van der Waals surface area contributed by atoms with Crippen LogP contribution in [-0.4, -0.2) is 26.0 Å². The normalized spacial score (nSPS) is 10.5. The molecule has 2 N–H and O–H groups in total. The van der Waals surface area contributed by atoms with Gasteiger partial charge in [-0.25, -0.2) is 24.1 Å². The largest absolute Gasteiger partial charge is 0.475 e. The van der Waals surface area contributed by atoms with E-state index in [-0.39, 0.29) is 11.6 Å². The number of aromatic carboxylic acids is 1. The van der Waals surface area contributed by atoms with Crippen molar-refractivity contribution in [3.05, 3.63) is 54.5 Å². The molecule has 3 rings (SSSR count). The van der Waals surface area contributed by atoms with Gasteiger partial charge >= 0.3 is 5.97 Å². The number of hydrogen-bond donors (Lipinski definition) is 2. The summed E-state index contributed by atoms with van der Waals surface area (Å²) in [6.45, 7) is 0. The van der Waals surface area contributed by atoms with E-state index in [1.807, 2.05) is 0 Å². The monoisotopic (exact) mass is 348 g/mol. The Morgan fingerprint density at radius 3 is 2.48 bits per heavy atom. The Morgan fingerprint density at radius 1 is 1.13 bits per heavy atom. The minimum Gasteiger partial charge on any atom is -0.475 e. The van der Waals surface area contributed by atoms with Gasteiger partial charge in [-0.05, 0) is 36.2 Å². The average Bonchev–Trinajstić information content (AvgIpc) is 3.03. The number of benzene rings is 1. The SMILES string of the molecule is O=C(O)c1ncc(NSc2cnc(-c3ccc(F)cc3)s2)cn1. The van der Waals surface area contributed by atoms with E-state index < -0.39 is 5.97 Å². The summed E-state index contributed by atoms with van der Waals surface area (Å²) in [7, 11) is 0. The Balaban J connectivity index is 1.65. The van der Waals surface area contributed by atoms with E-state index in [1.54, 1.807) is 18.3 Å². The van der Waals surface area contributed by atoms with Gasteiger partial charge in [0, 0.05) is 5.56 Å². The van der Waals surface area contributed by atoms with E-state index in [4.69, 9.17) is 5.11 Å². The van der Waals surface area contributed by atoms with Gasteiger partial charge in [-0.2, -0.15) is 0 Å². The smallest absolute Gasteiger partial charge is 0.373 e. The first-order chi connectivity index (χ1) is 11.1. The highest BCUT2D eigenvalue weighted by Crippen LogP contribution is 2.31. The lowest BCUT2D eigenvalue weighted by Gasteiger charge is -2.02. The molecule has 0 unspecified atom stereocenters. The molecule has 0 aliphatic carbocycles. The van der Waals surface area contributed by atoms with Gasteiger partial charge in [0.05, 0.1) is 24.3 Å². The van der Waals surface area contributed by atoms with Gasteiger partial charge < -0.3 is 9.83 Å². The molecule has 0 amide bonds. The van der Waals surface area contributed by atoms with Crippen LogP contribution in [0.25, 0.3) is 10.6 Å². The van der Waals surface area contributed by atoms with Crippen molar-refractivity contribution in [2.45, 2.75) is 4.21 Å². The summed E-state index contributed by atoms with van der Waals surface area (Å²) in [4.78, 5) is 22.4. The van der Waals surface area contributed by atoms with E-state index in [2.05, 4.69) is 19.7 Å². The van der Waals surface area contributed by atoms with Crippen molar-refractivity contribution in [1.29, 1.82) is 0 Å². The van der Waals surface area contributed by atoms with Gasteiger partial charge in [0.15, 0.2) is 0 Å². The summed E-state index contributed by atoms with van der Waals surface area (Å²) in [5.41, 5.74) is 1.43. The van der Waals surface area contributed by atoms with Crippen LogP contribution in [0.5, 0.6) is 0 Å². The zero-order valence-electron chi connectivity index (χ0n) is 11.4. The third-order valence-corrected chi connectivity index (χ3v) is 4.67. The van der Waals surface area contributed by atoms with Gasteiger partial charge in [0.25, 0.3) is 0 Å². The molecule has 0 spiro atoms. The van der Waals surface area contributed by atoms with Gasteiger partial charge in [-0.15, -0.1) is 11.3 Å². The Bertz CT molecular complexity index is 822. The predicted octanol–water partition coefficient (Wildman–Crippen LogP) is 3.56. The van der Waals surface area contributed by atoms with E-state index in [9.17, 15) is 9.18 Å². The quantitative estimate of drug-likeness (QED) is 0.682. The molecule has 1 aromatic carbocycles. The summed E-state index contributed by atoms with van der Waals surface area (Å²) in [5, 5.41) is 9.52. The van der Waals surface area contributed by atoms with Gasteiger partial charge in [0.1, 0.15) is 15.0 Å². The van der Waals surface area contributed by atoms with Crippen molar-refractivity contribution < 1.29 is 14.3 Å². The van der Waals surface area contributed by atoms with E-state index in [1.165, 1.54) is 47.8 Å². The fourth-order valence-electron chi connectivity index (χ4n) is 1.63. The van der Waals surface area contributed by atoms with Crippen LogP contribution < -0.4 is 4.72 Å². The van der Waals surface area contributed by atoms with Crippen LogP contribution in [-0.2, 0) is 0 Å². The first kappa shape index (κ1) is 15.4. The molecule has 6 nitrogen and oxygen atoms in total. The highest BCUT2D eigenvalue weighted by molar-refractivity contribution is 8.02. The van der Waals surface area contributed by atoms with Gasteiger partial charge in [-0.3, -0.25) is 0 Å². The molecule has 116 valence electrons. The molecular formula is C14H9FN4O2S2. The highest BCUT2D eigenvalue weighted by atomic mass is 32.2. The third-order valence-electron chi connectivity index (χ3n) is 2.69. The van der Waals surface area contributed by atoms with Crippen LogP contribution in [0, 0.1) is 5.82 Å². The fourth-order valence-corrected chi connectivity index (χ4v) is 3.25. The second-order valence-electron chi connectivity index (χ2n) is 4.30. The number of anilines is 1. The number of nitrogens with zero attached hydrogens (tertiary/aromatic N) is 3. The standard InChI is InChI=1S/C14H9FN4O2S2/c15-9-3-1-8(2-4-9)13-18-7-11(22-13)23-19-10-5-16-12(14(20)21)17-6-10/h1-7,19H,(H,20,21). The Morgan fingerprint density at radius 2 is 1.83 bits per heavy atom. The first-order valence-corrected chi connectivity index (χ1v) is 7.95. The maximum absolute atomic E-state index is 12.9. The lowest BCUT2D eigenvalue weighted by molar-refractivity contribution is 0.0683. The van der Waals surface area contributed by atoms with Gasteiger partial charge in [-0.1, -0.05) is 0 Å². The Kier molecular flexibility index (Phi) is 4.49. The van der Waals surface area contributed by atoms with Crippen LogP contribution in [0.15, 0.2) is 47.1 Å². The molecule has 9 heteroatoms. The summed E-state index contributed by atoms with van der Waals surface area (Å²) >= 11 is 2.76. The molecule has 0 aliphatic heterocycles. The van der Waals surface area contributed by atoms with Crippen molar-refractivity contribution in [3.63, 3.8) is 0 Å². The number of carboxylic acids is 1. The molecule has 0 atom stereocenters. The molecule has 0 fully saturated rings. The maximum Gasteiger partial charge on any atom is 0.373 e. The Hall–Kier alpha value is -2.52. The molecule has 2 heterocycles. The van der Waals surface area contributed by atoms with Crippen LogP contribution >= 0.6 is 23.3 Å². The number of aromatic nitrogens is 3. The average molecular weight is 348 g/mol. The van der Waals surface area contributed by atoms with Crippen LogP contribution in [0.4, 0.5) is 10.1 Å². The lowest BCUT2D eigenvalue weighted by Crippen LogP contribution is -2.03. The van der Waals surface area contributed by atoms with Crippen molar-refractivity contribution in [2.75, 3.05) is 4.72 Å². The fraction of sp³-hybridized carbons (Fsp3) is 0. The predicted molar refractivity (Wildman–Crippen MR) is 86.0 cm³/mol. The summed E-state index contributed by atoms with van der Waals surface area (Å²) in [5.74, 6) is -1.71. The van der Waals surface area contributed by atoms with E-state index in [0.29, 0.717) is 5.69 Å². The van der Waals surface area contributed by atoms with Gasteiger partial charge in [0.2, 0.25) is 5.82 Å². The number of nitrogens with one attached hydrogen (secondary N) is 1. The molecule has 23 heavy (non-hydrogen) atoms. The summed E-state index contributed by atoms with van der Waals surface area (Å²) in [6.07, 6.45) is 4.49. The first-order valence-electron chi connectivity index (χ1n) is 6.32. The van der Waals surface area contributed by atoms with Crippen LogP contribution in [0.1, 0.15) is 10.6 Å². The van der Waals surface area contributed by atoms with E-state index in [0.717, 1.165) is 14.8 Å². The topological polar surface area (TPSA) is 88.0 Å². The highest BCUT2D eigenvalue weighted by Gasteiger charge is 2.08. The summed E-state index contributed by atoms with van der Waals surface area (Å²) in [6, 6.07) is 6.13. The number of carboxylic acid groups (broad SMARTS) is 1. The van der Waals surface area contributed by atoms with Crippen molar-refractivity contribution in [3.8, 4) is 10.6 Å². The number of hydrogen-bond acceptors (Lipinski definition) is 7. The number of thiazole rings is 1. The van der Waals surface area contributed by atoms with Crippen molar-refractivity contribution in [2.24, 2.45) is 0 Å². The molecule has 0 saturated carbocycles. The zero-order chi connectivity index (χ0) is 16.2. The van der Waals surface area contributed by atoms with Crippen LogP contribution in [0.3, 0.4) is 0 Å². The lowest BCUT2D eigenvalue weighted by atomic mass is 10.2. The third kappa shape index (κ3) is 3.82. The molecule has 3 aromatic rings.